The fourth-order valence-electron chi connectivity index (χ4n) is 2.49. The first-order chi connectivity index (χ1) is 15.7. The number of esters is 1. The topological polar surface area (TPSA) is 77.0 Å². The second kappa shape index (κ2) is 12.1. The fourth-order valence-corrected chi connectivity index (χ4v) is 5.03. The minimum Gasteiger partial charge on any atom is -0.483 e. The third-order valence-corrected chi connectivity index (χ3v) is 6.33. The third kappa shape index (κ3) is 7.65. The Morgan fingerprint density at radius 2 is 1.76 bits per heavy atom. The van der Waals surface area contributed by atoms with Crippen molar-refractivity contribution in [3.8, 4) is 11.5 Å². The van der Waals surface area contributed by atoms with Crippen LogP contribution in [0.2, 0.25) is 5.02 Å². The number of hydrazone groups is 1. The van der Waals surface area contributed by atoms with Crippen LogP contribution in [0.3, 0.4) is 0 Å². The van der Waals surface area contributed by atoms with E-state index in [1.807, 2.05) is 6.07 Å². The molecule has 0 fully saturated rings. The Labute approximate surface area is 228 Å². The molecular formula is C22H13Br4ClN2O4. The van der Waals surface area contributed by atoms with Gasteiger partial charge >= 0.3 is 5.97 Å². The Balaban J connectivity index is 1.68. The van der Waals surface area contributed by atoms with Gasteiger partial charge in [-0.3, -0.25) is 4.79 Å². The quantitative estimate of drug-likeness (QED) is 0.122. The molecule has 0 radical (unpaired) electrons. The zero-order valence-electron chi connectivity index (χ0n) is 16.5. The monoisotopic (exact) mass is 720 g/mol. The van der Waals surface area contributed by atoms with E-state index in [-0.39, 0.29) is 12.4 Å². The van der Waals surface area contributed by atoms with E-state index in [0.717, 1.165) is 8.95 Å². The Morgan fingerprint density at radius 1 is 0.970 bits per heavy atom. The maximum atomic E-state index is 12.6. The molecule has 0 aromatic heterocycles. The summed E-state index contributed by atoms with van der Waals surface area (Å²) in [6.07, 6.45) is 1.37. The molecule has 0 aliphatic rings. The zero-order valence-corrected chi connectivity index (χ0v) is 23.6. The number of rotatable bonds is 7. The number of amides is 1. The molecule has 1 amide bonds. The van der Waals surface area contributed by atoms with Gasteiger partial charge in [0, 0.05) is 19.5 Å². The minimum atomic E-state index is -0.542. The molecule has 0 spiro atoms. The molecule has 0 saturated carbocycles. The van der Waals surface area contributed by atoms with Gasteiger partial charge in [-0.25, -0.2) is 10.2 Å². The van der Waals surface area contributed by atoms with Crippen molar-refractivity contribution in [1.82, 2.24) is 5.43 Å². The van der Waals surface area contributed by atoms with Crippen molar-refractivity contribution in [2.45, 2.75) is 0 Å². The number of nitrogens with zero attached hydrogens (tertiary/aromatic N) is 1. The second-order valence-corrected chi connectivity index (χ2v) is 10.3. The zero-order chi connectivity index (χ0) is 24.0. The molecule has 33 heavy (non-hydrogen) atoms. The number of hydrogen-bond donors (Lipinski definition) is 1. The molecule has 0 unspecified atom stereocenters. The summed E-state index contributed by atoms with van der Waals surface area (Å²) in [6.45, 7) is -0.259. The molecular weight excluding hydrogens is 711 g/mol. The van der Waals surface area contributed by atoms with Gasteiger partial charge < -0.3 is 9.47 Å². The van der Waals surface area contributed by atoms with Crippen molar-refractivity contribution in [3.63, 3.8) is 0 Å². The normalized spacial score (nSPS) is 10.8. The lowest BCUT2D eigenvalue weighted by Crippen LogP contribution is -2.24. The summed E-state index contributed by atoms with van der Waals surface area (Å²) >= 11 is 19.3. The van der Waals surface area contributed by atoms with E-state index in [0.29, 0.717) is 30.8 Å². The molecule has 3 aromatic rings. The number of carbonyl (C=O) groups is 2. The van der Waals surface area contributed by atoms with E-state index >= 15 is 0 Å². The van der Waals surface area contributed by atoms with E-state index in [4.69, 9.17) is 21.1 Å². The minimum absolute atomic E-state index is 0.252. The van der Waals surface area contributed by atoms with Crippen LogP contribution >= 0.6 is 75.3 Å². The Kier molecular flexibility index (Phi) is 9.51. The predicted octanol–water partition coefficient (Wildman–Crippen LogP) is 7.14. The van der Waals surface area contributed by atoms with Gasteiger partial charge in [0.25, 0.3) is 5.91 Å². The van der Waals surface area contributed by atoms with Gasteiger partial charge in [-0.15, -0.1) is 0 Å². The molecule has 3 rings (SSSR count). The van der Waals surface area contributed by atoms with E-state index in [1.165, 1.54) is 6.21 Å². The highest BCUT2D eigenvalue weighted by Crippen LogP contribution is 2.33. The molecule has 0 saturated heterocycles. The highest BCUT2D eigenvalue weighted by atomic mass is 79.9. The highest BCUT2D eigenvalue weighted by Gasteiger charge is 2.16. The Morgan fingerprint density at radius 3 is 2.48 bits per heavy atom. The molecule has 0 heterocycles. The van der Waals surface area contributed by atoms with Crippen LogP contribution in [0.5, 0.6) is 11.5 Å². The highest BCUT2D eigenvalue weighted by molar-refractivity contribution is 9.11. The largest absolute Gasteiger partial charge is 0.483 e. The summed E-state index contributed by atoms with van der Waals surface area (Å²) in [5, 5.41) is 4.49. The maximum Gasteiger partial charge on any atom is 0.343 e. The third-order valence-electron chi connectivity index (χ3n) is 3.94. The van der Waals surface area contributed by atoms with Crippen molar-refractivity contribution < 1.29 is 19.1 Å². The predicted molar refractivity (Wildman–Crippen MR) is 141 cm³/mol. The van der Waals surface area contributed by atoms with Gasteiger partial charge in [0.2, 0.25) is 0 Å². The van der Waals surface area contributed by atoms with Crippen LogP contribution in [0.25, 0.3) is 0 Å². The van der Waals surface area contributed by atoms with Crippen LogP contribution in [0.15, 0.2) is 77.6 Å². The molecule has 1 N–H and O–H groups in total. The van der Waals surface area contributed by atoms with Crippen molar-refractivity contribution >= 4 is 93.4 Å². The fraction of sp³-hybridized carbons (Fsp3) is 0.0455. The molecule has 0 bridgehead atoms. The van der Waals surface area contributed by atoms with Crippen LogP contribution in [0, 0.1) is 0 Å². The van der Waals surface area contributed by atoms with Crippen molar-refractivity contribution in [1.29, 1.82) is 0 Å². The molecule has 3 aromatic carbocycles. The van der Waals surface area contributed by atoms with Gasteiger partial charge in [0.1, 0.15) is 5.75 Å². The molecule has 0 aliphatic heterocycles. The van der Waals surface area contributed by atoms with Gasteiger partial charge in [0.05, 0.1) is 20.7 Å². The van der Waals surface area contributed by atoms with Gasteiger partial charge in [-0.05, 0) is 80.4 Å². The number of nitrogens with one attached hydrogen (secondary N) is 1. The number of halogens is 5. The van der Waals surface area contributed by atoms with Crippen molar-refractivity contribution in [2.24, 2.45) is 5.10 Å². The SMILES string of the molecule is O=C(COc1ccc(Cl)cc1Br)N/N=C/c1cc(Br)cc(Br)c1OC(=O)c1cccc(Br)c1. The van der Waals surface area contributed by atoms with Gasteiger partial charge in [-0.2, -0.15) is 5.10 Å². The number of ether oxygens (including phenoxy) is 2. The summed E-state index contributed by atoms with van der Waals surface area (Å²) in [6, 6.07) is 15.2. The Bertz CT molecular complexity index is 1240. The van der Waals surface area contributed by atoms with E-state index in [1.54, 1.807) is 48.5 Å². The molecule has 0 aliphatic carbocycles. The average Bonchev–Trinajstić information content (AvgIpc) is 2.75. The number of benzene rings is 3. The lowest BCUT2D eigenvalue weighted by Gasteiger charge is -2.11. The average molecular weight is 724 g/mol. The lowest BCUT2D eigenvalue weighted by molar-refractivity contribution is -0.123. The second-order valence-electron chi connectivity index (χ2n) is 6.36. The molecule has 6 nitrogen and oxygen atoms in total. The van der Waals surface area contributed by atoms with Crippen LogP contribution in [0.4, 0.5) is 0 Å². The van der Waals surface area contributed by atoms with Crippen LogP contribution in [-0.4, -0.2) is 24.7 Å². The first-order valence-corrected chi connectivity index (χ1v) is 12.6. The standard InChI is InChI=1S/C22H13Br4ClN2O4/c23-14-3-1-2-12(6-14)22(31)33-21-13(7-15(24)8-18(21)26)10-28-29-20(30)11-32-19-5-4-16(27)9-17(19)25/h1-10H,11H2,(H,29,30)/b28-10+. The van der Waals surface area contributed by atoms with Crippen LogP contribution in [0.1, 0.15) is 15.9 Å². The van der Waals surface area contributed by atoms with Gasteiger partial charge in [-0.1, -0.05) is 49.5 Å². The maximum absolute atomic E-state index is 12.6. The van der Waals surface area contributed by atoms with Crippen molar-refractivity contribution in [3.05, 3.63) is 88.6 Å². The molecule has 11 heteroatoms. The smallest absolute Gasteiger partial charge is 0.343 e. The summed E-state index contributed by atoms with van der Waals surface area (Å²) in [4.78, 5) is 24.7. The van der Waals surface area contributed by atoms with E-state index in [9.17, 15) is 9.59 Å². The first kappa shape index (κ1) is 25.9. The summed E-state index contributed by atoms with van der Waals surface area (Å²) in [7, 11) is 0. The van der Waals surface area contributed by atoms with Gasteiger partial charge in [0.15, 0.2) is 12.4 Å². The number of hydrogen-bond acceptors (Lipinski definition) is 5. The summed E-state index contributed by atoms with van der Waals surface area (Å²) in [5.41, 5.74) is 3.21. The summed E-state index contributed by atoms with van der Waals surface area (Å²) in [5.74, 6) is -0.298. The molecule has 0 atom stereocenters. The summed E-state index contributed by atoms with van der Waals surface area (Å²) < 4.78 is 13.7. The molecule has 170 valence electrons. The van der Waals surface area contributed by atoms with E-state index < -0.39 is 11.9 Å². The van der Waals surface area contributed by atoms with Crippen LogP contribution in [-0.2, 0) is 4.79 Å². The van der Waals surface area contributed by atoms with Crippen LogP contribution < -0.4 is 14.9 Å². The first-order valence-electron chi connectivity index (χ1n) is 9.09. The number of carbonyl (C=O) groups excluding carboxylic acids is 2. The lowest BCUT2D eigenvalue weighted by atomic mass is 10.2. The van der Waals surface area contributed by atoms with E-state index in [2.05, 4.69) is 74.2 Å². The Hall–Kier alpha value is -1.72. The van der Waals surface area contributed by atoms with Crippen molar-refractivity contribution in [2.75, 3.05) is 6.61 Å².